The number of aliphatic carboxylic acids is 1. The summed E-state index contributed by atoms with van der Waals surface area (Å²) in [6.45, 7) is 5.69. The number of carbonyl (C=O) groups excluding carboxylic acids is 1. The van der Waals surface area contributed by atoms with Gasteiger partial charge in [0, 0.05) is 13.1 Å². The standard InChI is InChI=1S/C10H20N2O4/c1-10(2,3)16-12(7-13)5-4-8(6-11)9(14)15/h7-8H,4-6,11H2,1-3H3,(H,14,15). The number of carboxylic acids is 1. The minimum atomic E-state index is -0.955. The third-order valence-corrected chi connectivity index (χ3v) is 1.84. The molecule has 0 fully saturated rings. The summed E-state index contributed by atoms with van der Waals surface area (Å²) in [4.78, 5) is 26.7. The van der Waals surface area contributed by atoms with E-state index >= 15 is 0 Å². The summed E-state index contributed by atoms with van der Waals surface area (Å²) in [7, 11) is 0. The number of carbonyl (C=O) groups is 2. The molecule has 0 aromatic carbocycles. The van der Waals surface area contributed by atoms with Gasteiger partial charge in [0.05, 0.1) is 11.5 Å². The number of nitrogens with zero attached hydrogens (tertiary/aromatic N) is 1. The average Bonchev–Trinajstić information content (AvgIpc) is 2.14. The highest BCUT2D eigenvalue weighted by molar-refractivity contribution is 5.70. The van der Waals surface area contributed by atoms with Crippen molar-refractivity contribution in [2.45, 2.75) is 32.8 Å². The quantitative estimate of drug-likeness (QED) is 0.484. The number of hydrogen-bond donors (Lipinski definition) is 2. The van der Waals surface area contributed by atoms with Crippen molar-refractivity contribution in [1.29, 1.82) is 0 Å². The lowest BCUT2D eigenvalue weighted by Crippen LogP contribution is -2.36. The fourth-order valence-corrected chi connectivity index (χ4v) is 1.10. The van der Waals surface area contributed by atoms with Crippen molar-refractivity contribution in [3.63, 3.8) is 0 Å². The number of amides is 1. The van der Waals surface area contributed by atoms with E-state index in [0.29, 0.717) is 6.41 Å². The van der Waals surface area contributed by atoms with E-state index in [1.807, 2.05) is 0 Å². The molecule has 1 amide bonds. The van der Waals surface area contributed by atoms with Crippen LogP contribution in [0, 0.1) is 5.92 Å². The zero-order chi connectivity index (χ0) is 12.8. The molecule has 6 heteroatoms. The van der Waals surface area contributed by atoms with E-state index in [2.05, 4.69) is 0 Å². The van der Waals surface area contributed by atoms with Crippen LogP contribution in [-0.4, -0.2) is 41.2 Å². The largest absolute Gasteiger partial charge is 0.481 e. The summed E-state index contributed by atoms with van der Waals surface area (Å²) in [6.07, 6.45) is 0.821. The zero-order valence-corrected chi connectivity index (χ0v) is 9.97. The fourth-order valence-electron chi connectivity index (χ4n) is 1.10. The molecule has 3 N–H and O–H groups in total. The summed E-state index contributed by atoms with van der Waals surface area (Å²) in [5.41, 5.74) is 4.82. The van der Waals surface area contributed by atoms with Crippen molar-refractivity contribution >= 4 is 12.4 Å². The molecule has 0 aromatic heterocycles. The van der Waals surface area contributed by atoms with E-state index in [0.717, 1.165) is 5.06 Å². The molecular weight excluding hydrogens is 212 g/mol. The van der Waals surface area contributed by atoms with Gasteiger partial charge in [-0.05, 0) is 27.2 Å². The van der Waals surface area contributed by atoms with Crippen LogP contribution in [0.15, 0.2) is 0 Å². The van der Waals surface area contributed by atoms with E-state index in [1.165, 1.54) is 0 Å². The van der Waals surface area contributed by atoms with E-state index in [-0.39, 0.29) is 19.5 Å². The zero-order valence-electron chi connectivity index (χ0n) is 9.97. The minimum absolute atomic E-state index is 0.0531. The maximum Gasteiger partial charge on any atom is 0.307 e. The van der Waals surface area contributed by atoms with Crippen LogP contribution in [0.2, 0.25) is 0 Å². The van der Waals surface area contributed by atoms with Crippen LogP contribution in [0.1, 0.15) is 27.2 Å². The third kappa shape index (κ3) is 6.36. The molecule has 0 saturated heterocycles. The fraction of sp³-hybridized carbons (Fsp3) is 0.800. The summed E-state index contributed by atoms with van der Waals surface area (Å²) >= 11 is 0. The normalized spacial score (nSPS) is 13.2. The summed E-state index contributed by atoms with van der Waals surface area (Å²) in [5, 5.41) is 9.87. The molecule has 0 spiro atoms. The molecule has 6 nitrogen and oxygen atoms in total. The average molecular weight is 232 g/mol. The molecule has 0 saturated carbocycles. The van der Waals surface area contributed by atoms with Crippen LogP contribution in [-0.2, 0) is 14.4 Å². The molecule has 1 atom stereocenters. The SMILES string of the molecule is CC(C)(C)ON(C=O)CCC(CN)C(=O)O. The highest BCUT2D eigenvalue weighted by Gasteiger charge is 2.20. The molecule has 94 valence electrons. The van der Waals surface area contributed by atoms with Crippen molar-refractivity contribution < 1.29 is 19.5 Å². The van der Waals surface area contributed by atoms with Gasteiger partial charge in [0.1, 0.15) is 0 Å². The first-order valence-corrected chi connectivity index (χ1v) is 5.14. The Bertz CT molecular complexity index is 237. The van der Waals surface area contributed by atoms with Crippen LogP contribution in [0.3, 0.4) is 0 Å². The molecular formula is C10H20N2O4. The second kappa shape index (κ2) is 6.44. The Hall–Kier alpha value is -1.14. The van der Waals surface area contributed by atoms with Gasteiger partial charge in [0.2, 0.25) is 6.41 Å². The van der Waals surface area contributed by atoms with Gasteiger partial charge < -0.3 is 10.8 Å². The van der Waals surface area contributed by atoms with Gasteiger partial charge in [0.15, 0.2) is 0 Å². The van der Waals surface area contributed by atoms with Crippen LogP contribution < -0.4 is 5.73 Å². The molecule has 0 aliphatic rings. The van der Waals surface area contributed by atoms with Gasteiger partial charge >= 0.3 is 5.97 Å². The van der Waals surface area contributed by atoms with E-state index in [9.17, 15) is 9.59 Å². The number of hydrogen-bond acceptors (Lipinski definition) is 4. The van der Waals surface area contributed by atoms with E-state index < -0.39 is 17.5 Å². The highest BCUT2D eigenvalue weighted by atomic mass is 16.7. The second-order valence-corrected chi connectivity index (χ2v) is 4.51. The highest BCUT2D eigenvalue weighted by Crippen LogP contribution is 2.11. The first-order chi connectivity index (χ1) is 7.30. The number of hydroxylamine groups is 2. The Morgan fingerprint density at radius 3 is 2.44 bits per heavy atom. The first kappa shape index (κ1) is 14.9. The van der Waals surface area contributed by atoms with E-state index in [4.69, 9.17) is 15.7 Å². The molecule has 0 heterocycles. The molecule has 0 bridgehead atoms. The second-order valence-electron chi connectivity index (χ2n) is 4.51. The predicted molar refractivity (Wildman–Crippen MR) is 58.4 cm³/mol. The summed E-state index contributed by atoms with van der Waals surface area (Å²) in [6, 6.07) is 0. The Morgan fingerprint density at radius 2 is 2.12 bits per heavy atom. The molecule has 0 radical (unpaired) electrons. The Morgan fingerprint density at radius 1 is 1.56 bits per heavy atom. The lowest BCUT2D eigenvalue weighted by Gasteiger charge is -2.27. The molecule has 16 heavy (non-hydrogen) atoms. The Kier molecular flexibility index (Phi) is 5.98. The molecule has 0 aromatic rings. The maximum absolute atomic E-state index is 10.7. The topological polar surface area (TPSA) is 92.9 Å². The van der Waals surface area contributed by atoms with Crippen LogP contribution in [0.4, 0.5) is 0 Å². The number of rotatable bonds is 7. The predicted octanol–water partition coefficient (Wildman–Crippen LogP) is 0.225. The number of nitrogens with two attached hydrogens (primary N) is 1. The van der Waals surface area contributed by atoms with Gasteiger partial charge in [-0.25, -0.2) is 5.06 Å². The minimum Gasteiger partial charge on any atom is -0.481 e. The molecule has 0 aliphatic carbocycles. The molecule has 1 unspecified atom stereocenters. The van der Waals surface area contributed by atoms with Gasteiger partial charge in [-0.3, -0.25) is 14.4 Å². The molecule has 0 rings (SSSR count). The first-order valence-electron chi connectivity index (χ1n) is 5.14. The maximum atomic E-state index is 10.7. The van der Waals surface area contributed by atoms with Crippen molar-refractivity contribution in [3.8, 4) is 0 Å². The van der Waals surface area contributed by atoms with Gasteiger partial charge in [-0.2, -0.15) is 0 Å². The lowest BCUT2D eigenvalue weighted by molar-refractivity contribution is -0.217. The summed E-state index contributed by atoms with van der Waals surface area (Å²) < 4.78 is 0. The van der Waals surface area contributed by atoms with Gasteiger partial charge in [-0.15, -0.1) is 0 Å². The summed E-state index contributed by atoms with van der Waals surface area (Å²) in [5.74, 6) is -1.60. The Balaban J connectivity index is 4.14. The molecule has 0 aliphatic heterocycles. The van der Waals surface area contributed by atoms with Crippen molar-refractivity contribution in [1.82, 2.24) is 5.06 Å². The van der Waals surface area contributed by atoms with Gasteiger partial charge in [0.25, 0.3) is 0 Å². The third-order valence-electron chi connectivity index (χ3n) is 1.84. The number of carboxylic acid groups (broad SMARTS) is 1. The van der Waals surface area contributed by atoms with Crippen molar-refractivity contribution in [2.24, 2.45) is 11.7 Å². The monoisotopic (exact) mass is 232 g/mol. The van der Waals surface area contributed by atoms with Crippen LogP contribution >= 0.6 is 0 Å². The van der Waals surface area contributed by atoms with Crippen LogP contribution in [0.5, 0.6) is 0 Å². The smallest absolute Gasteiger partial charge is 0.307 e. The Labute approximate surface area is 95.3 Å². The van der Waals surface area contributed by atoms with E-state index in [1.54, 1.807) is 20.8 Å². The van der Waals surface area contributed by atoms with Gasteiger partial charge in [-0.1, -0.05) is 0 Å². The van der Waals surface area contributed by atoms with Crippen molar-refractivity contribution in [3.05, 3.63) is 0 Å². The van der Waals surface area contributed by atoms with Crippen LogP contribution in [0.25, 0.3) is 0 Å². The lowest BCUT2D eigenvalue weighted by atomic mass is 10.1. The van der Waals surface area contributed by atoms with Crippen molar-refractivity contribution in [2.75, 3.05) is 13.1 Å².